The van der Waals surface area contributed by atoms with Crippen LogP contribution in [-0.4, -0.2) is 82.2 Å². The number of nitrogen functional groups attached to an aromatic ring is 1. The molecule has 0 saturated carbocycles. The Kier molecular flexibility index (Phi) is 16.4. The standard InChI is InChI=1S/C23H27FN4O3S.C9H10BrN3O2S.C6H5N3O2S.C4H6N2S/c1-15-13-28-22(32-15)25-21(29)27(23(28)30)10-4-9-26-17-7-8-18(26)12-19(11-17)31-14-16-5-2-3-6-20(16)24;1-6-5-13-8(16-6)11-7(14)12(9(13)15)4-2-3-10;1-3-2-9-5(11)7-4(10)8-6(9)12-3;1-3-2-6-4(5)7-3/h2-3,5-6,13,17-19H,4,7-12,14H2,1H3;5H,2-4H2,1H3;2H,1H3,(H,7,10,11);2H,1H3,(H2,5,6). The molecule has 1 aromatic carbocycles. The molecule has 0 amide bonds. The zero-order valence-corrected chi connectivity index (χ0v) is 41.8. The molecular formula is C42H48BrFN12O7S4. The third kappa shape index (κ3) is 12.2. The van der Waals surface area contributed by atoms with Gasteiger partial charge < -0.3 is 10.5 Å². The molecule has 2 aliphatic rings. The van der Waals surface area contributed by atoms with Gasteiger partial charge in [-0.15, -0.1) is 45.3 Å². The van der Waals surface area contributed by atoms with Crippen LogP contribution in [0.2, 0.25) is 0 Å². The smallest absolute Gasteiger partial charge is 0.354 e. The van der Waals surface area contributed by atoms with Crippen molar-refractivity contribution in [1.29, 1.82) is 0 Å². The number of fused-ring (bicyclic) bond motifs is 5. The third-order valence-corrected chi connectivity index (χ3v) is 14.9. The third-order valence-electron chi connectivity index (χ3n) is 10.9. The molecule has 19 nitrogen and oxygen atoms in total. The summed E-state index contributed by atoms with van der Waals surface area (Å²) in [6.07, 6.45) is 12.6. The summed E-state index contributed by atoms with van der Waals surface area (Å²) in [4.78, 5) is 95.7. The maximum Gasteiger partial charge on any atom is 0.354 e. The van der Waals surface area contributed by atoms with Gasteiger partial charge in [0.05, 0.1) is 12.7 Å². The van der Waals surface area contributed by atoms with E-state index in [9.17, 15) is 33.2 Å². The van der Waals surface area contributed by atoms with Crippen molar-refractivity contribution in [2.75, 3.05) is 17.6 Å². The Bertz CT molecular complexity index is 3340. The summed E-state index contributed by atoms with van der Waals surface area (Å²) in [5.41, 5.74) is 3.30. The van der Waals surface area contributed by atoms with Crippen LogP contribution in [0.3, 0.4) is 0 Å². The number of nitrogens with zero attached hydrogens (tertiary/aromatic N) is 10. The topological polar surface area (TPSA) is 231 Å². The predicted octanol–water partition coefficient (Wildman–Crippen LogP) is 4.77. The largest absolute Gasteiger partial charge is 0.375 e. The van der Waals surface area contributed by atoms with Crippen molar-refractivity contribution in [3.05, 3.63) is 143 Å². The lowest BCUT2D eigenvalue weighted by atomic mass is 9.99. The van der Waals surface area contributed by atoms with Crippen LogP contribution in [0.1, 0.15) is 63.6 Å². The van der Waals surface area contributed by atoms with Gasteiger partial charge in [-0.25, -0.2) is 60.5 Å². The van der Waals surface area contributed by atoms with E-state index in [1.165, 1.54) is 73.7 Å². The lowest BCUT2D eigenvalue weighted by Gasteiger charge is -2.38. The number of nitrogens with two attached hydrogens (primary N) is 1. The van der Waals surface area contributed by atoms with Crippen LogP contribution in [0.4, 0.5) is 9.52 Å². The Morgan fingerprint density at radius 1 is 0.731 bits per heavy atom. The molecule has 9 heterocycles. The molecule has 67 heavy (non-hydrogen) atoms. The molecule has 7 aromatic heterocycles. The van der Waals surface area contributed by atoms with E-state index in [4.69, 9.17) is 10.5 Å². The van der Waals surface area contributed by atoms with Gasteiger partial charge in [-0.2, -0.15) is 15.0 Å². The average Bonchev–Trinajstić information content (AvgIpc) is 4.10. The average molecular weight is 1060 g/mol. The number of aromatic nitrogens is 10. The number of hydrogen-bond acceptors (Lipinski definition) is 17. The van der Waals surface area contributed by atoms with Crippen molar-refractivity contribution in [2.45, 2.75) is 104 Å². The SMILES string of the molecule is Cc1cn2c(=O)[nH]c(=O)nc2s1.Cc1cn2c(=O)n(CCCBr)c(=O)nc2s1.Cc1cn2c(=O)n(CCCN3C4CCC3CC(OCc3ccccc3F)C4)c(=O)nc2s1.Cc1cnc(N)s1. The van der Waals surface area contributed by atoms with Gasteiger partial charge in [-0.05, 0) is 72.3 Å². The van der Waals surface area contributed by atoms with Crippen LogP contribution in [-0.2, 0) is 24.4 Å². The highest BCUT2D eigenvalue weighted by atomic mass is 79.9. The summed E-state index contributed by atoms with van der Waals surface area (Å²) in [5, 5.41) is 1.40. The fourth-order valence-electron chi connectivity index (χ4n) is 7.93. The van der Waals surface area contributed by atoms with E-state index in [1.54, 1.807) is 36.9 Å². The summed E-state index contributed by atoms with van der Waals surface area (Å²) >= 11 is 8.78. The second-order valence-corrected chi connectivity index (χ2v) is 21.5. The predicted molar refractivity (Wildman–Crippen MR) is 263 cm³/mol. The van der Waals surface area contributed by atoms with E-state index in [2.05, 4.69) is 45.7 Å². The molecule has 0 aliphatic carbocycles. The number of hydrogen-bond donors (Lipinski definition) is 2. The first kappa shape index (κ1) is 49.6. The second-order valence-electron chi connectivity index (χ2n) is 15.8. The van der Waals surface area contributed by atoms with Crippen molar-refractivity contribution < 1.29 is 9.13 Å². The van der Waals surface area contributed by atoms with Crippen LogP contribution >= 0.6 is 61.3 Å². The van der Waals surface area contributed by atoms with Gasteiger partial charge >= 0.3 is 34.1 Å². The van der Waals surface area contributed by atoms with Gasteiger partial charge in [-0.1, -0.05) is 34.1 Å². The highest BCUT2D eigenvalue weighted by molar-refractivity contribution is 9.09. The molecule has 2 atom stereocenters. The molecule has 10 rings (SSSR count). The van der Waals surface area contributed by atoms with Crippen LogP contribution < -0.4 is 39.9 Å². The summed E-state index contributed by atoms with van der Waals surface area (Å²) in [7, 11) is 0. The van der Waals surface area contributed by atoms with Crippen LogP contribution in [0, 0.1) is 33.5 Å². The van der Waals surface area contributed by atoms with Gasteiger partial charge in [0.25, 0.3) is 0 Å². The molecule has 2 bridgehead atoms. The second kappa shape index (κ2) is 22.2. The number of benzene rings is 1. The summed E-state index contributed by atoms with van der Waals surface area (Å²) in [6.45, 7) is 9.52. The molecule has 25 heteroatoms. The number of ether oxygens (including phenoxy) is 1. The van der Waals surface area contributed by atoms with Crippen LogP contribution in [0.15, 0.2) is 77.8 Å². The number of rotatable bonds is 10. The van der Waals surface area contributed by atoms with Crippen molar-refractivity contribution in [3.63, 3.8) is 0 Å². The highest BCUT2D eigenvalue weighted by Crippen LogP contribution is 2.37. The van der Waals surface area contributed by atoms with E-state index in [0.29, 0.717) is 57.4 Å². The van der Waals surface area contributed by atoms with E-state index >= 15 is 0 Å². The number of aryl methyl sites for hydroxylation is 4. The van der Waals surface area contributed by atoms with Crippen molar-refractivity contribution in [3.8, 4) is 0 Å². The van der Waals surface area contributed by atoms with E-state index in [1.807, 2.05) is 33.8 Å². The first-order valence-corrected chi connectivity index (χ1v) is 25.6. The number of thiazole rings is 4. The molecule has 2 aliphatic heterocycles. The molecule has 3 N–H and O–H groups in total. The molecule has 2 fully saturated rings. The molecule has 2 saturated heterocycles. The van der Waals surface area contributed by atoms with Crippen LogP contribution in [0.5, 0.6) is 0 Å². The molecule has 0 spiro atoms. The summed E-state index contributed by atoms with van der Waals surface area (Å²) in [5.74, 6) is -0.218. The molecule has 356 valence electrons. The number of anilines is 1. The summed E-state index contributed by atoms with van der Waals surface area (Å²) < 4.78 is 26.5. The zero-order valence-electron chi connectivity index (χ0n) is 36.9. The lowest BCUT2D eigenvalue weighted by Crippen LogP contribution is -2.46. The minimum Gasteiger partial charge on any atom is -0.375 e. The van der Waals surface area contributed by atoms with Crippen LogP contribution in [0.25, 0.3) is 14.9 Å². The lowest BCUT2D eigenvalue weighted by molar-refractivity contribution is -0.0293. The molecular weight excluding hydrogens is 1010 g/mol. The maximum atomic E-state index is 13.9. The van der Waals surface area contributed by atoms with Gasteiger partial charge in [0, 0.05) is 86.9 Å². The number of alkyl halides is 1. The molecule has 0 radical (unpaired) electrons. The van der Waals surface area contributed by atoms with Gasteiger partial charge in [-0.3, -0.25) is 9.88 Å². The van der Waals surface area contributed by atoms with E-state index < -0.39 is 22.8 Å². The molecule has 8 aromatic rings. The van der Waals surface area contributed by atoms with Gasteiger partial charge in [0.2, 0.25) is 14.9 Å². The fourth-order valence-corrected chi connectivity index (χ4v) is 11.1. The number of H-pyrrole nitrogens is 1. The number of halogens is 2. The Hall–Kier alpha value is -5.31. The Morgan fingerprint density at radius 3 is 1.78 bits per heavy atom. The van der Waals surface area contributed by atoms with Crippen molar-refractivity contribution in [1.82, 2.24) is 52.2 Å². The Balaban J connectivity index is 0.000000156. The number of nitrogens with one attached hydrogen (secondary N) is 1. The Labute approximate surface area is 404 Å². The minimum atomic E-state index is -0.596. The number of piperidine rings is 1. The Morgan fingerprint density at radius 2 is 1.27 bits per heavy atom. The number of aromatic amines is 1. The monoisotopic (exact) mass is 1060 g/mol. The normalized spacial score (nSPS) is 16.7. The fraction of sp³-hybridized carbons (Fsp3) is 0.429. The molecule has 2 unspecified atom stereocenters. The highest BCUT2D eigenvalue weighted by Gasteiger charge is 2.40. The first-order chi connectivity index (χ1) is 32.1. The van der Waals surface area contributed by atoms with Crippen molar-refractivity contribution >= 4 is 81.3 Å². The quantitative estimate of drug-likeness (QED) is 0.176. The van der Waals surface area contributed by atoms with E-state index in [-0.39, 0.29) is 23.3 Å². The van der Waals surface area contributed by atoms with Crippen molar-refractivity contribution in [2.24, 2.45) is 0 Å². The van der Waals surface area contributed by atoms with Gasteiger partial charge in [0.15, 0.2) is 5.13 Å². The minimum absolute atomic E-state index is 0.143. The van der Waals surface area contributed by atoms with Gasteiger partial charge in [0.1, 0.15) is 5.82 Å². The summed E-state index contributed by atoms with van der Waals surface area (Å²) in [6, 6.07) is 7.64. The first-order valence-electron chi connectivity index (χ1n) is 21.2. The van der Waals surface area contributed by atoms with E-state index in [0.717, 1.165) is 69.9 Å². The maximum absolute atomic E-state index is 13.9. The zero-order chi connectivity index (χ0) is 47.9.